The second-order valence-corrected chi connectivity index (χ2v) is 2.62. The number of rotatable bonds is 4. The molecule has 0 unspecified atom stereocenters. The molecule has 12 heavy (non-hydrogen) atoms. The van der Waals surface area contributed by atoms with E-state index in [1.165, 1.54) is 0 Å². The summed E-state index contributed by atoms with van der Waals surface area (Å²) in [6, 6.07) is 9.36. The minimum Gasteiger partial charge on any atom is -0.337 e. The number of benzene rings is 1. The van der Waals surface area contributed by atoms with Crippen molar-refractivity contribution in [2.45, 2.75) is 6.92 Å². The van der Waals surface area contributed by atoms with Gasteiger partial charge in [0.2, 0.25) is 0 Å². The largest absolute Gasteiger partial charge is 0.337 e. The zero-order chi connectivity index (χ0) is 8.81. The predicted octanol–water partition coefficient (Wildman–Crippen LogP) is 2.57. The molecule has 0 aliphatic carbocycles. The van der Waals surface area contributed by atoms with E-state index in [0.29, 0.717) is 12.4 Å². The maximum atomic E-state index is 4.96. The molecule has 0 heterocycles. The Morgan fingerprint density at radius 2 is 2.00 bits per heavy atom. The maximum Gasteiger partial charge on any atom is 0.165 e. The quantitative estimate of drug-likeness (QED) is 0.387. The van der Waals surface area contributed by atoms with Crippen molar-refractivity contribution in [3.05, 3.63) is 42.5 Å². The van der Waals surface area contributed by atoms with Crippen LogP contribution in [0.25, 0.3) is 0 Å². The second-order valence-electron chi connectivity index (χ2n) is 2.62. The molecule has 0 aliphatic rings. The van der Waals surface area contributed by atoms with Crippen LogP contribution in [0.1, 0.15) is 6.92 Å². The minimum atomic E-state index is 0.425. The molecule has 0 saturated carbocycles. The first-order valence-electron chi connectivity index (χ1n) is 3.78. The molecule has 0 N–H and O–H groups in total. The zero-order valence-electron chi connectivity index (χ0n) is 7.12. The van der Waals surface area contributed by atoms with Gasteiger partial charge in [-0.2, -0.15) is 4.89 Å². The zero-order valence-corrected chi connectivity index (χ0v) is 7.12. The molecule has 0 bridgehead atoms. The molecular weight excluding hydrogens is 152 g/mol. The summed E-state index contributed by atoms with van der Waals surface area (Å²) in [5, 5.41) is 0. The molecule has 1 aromatic rings. The van der Waals surface area contributed by atoms with E-state index in [1.54, 1.807) is 0 Å². The van der Waals surface area contributed by atoms with E-state index in [9.17, 15) is 0 Å². The highest BCUT2D eigenvalue weighted by atomic mass is 17.2. The SMILES string of the molecule is C=C(C)COOc1ccccc1. The molecule has 0 saturated heterocycles. The van der Waals surface area contributed by atoms with E-state index in [2.05, 4.69) is 6.58 Å². The van der Waals surface area contributed by atoms with Crippen molar-refractivity contribution < 1.29 is 9.78 Å². The predicted molar refractivity (Wildman–Crippen MR) is 47.8 cm³/mol. The highest BCUT2D eigenvalue weighted by molar-refractivity contribution is 5.20. The van der Waals surface area contributed by atoms with Crippen LogP contribution in [-0.2, 0) is 4.89 Å². The van der Waals surface area contributed by atoms with E-state index >= 15 is 0 Å². The van der Waals surface area contributed by atoms with Crippen molar-refractivity contribution >= 4 is 0 Å². The van der Waals surface area contributed by atoms with Crippen LogP contribution < -0.4 is 4.89 Å². The van der Waals surface area contributed by atoms with Crippen LogP contribution in [0, 0.1) is 0 Å². The van der Waals surface area contributed by atoms with Gasteiger partial charge in [-0.3, -0.25) is 0 Å². The summed E-state index contributed by atoms with van der Waals surface area (Å²) in [4.78, 5) is 9.84. The lowest BCUT2D eigenvalue weighted by Crippen LogP contribution is -1.99. The molecule has 1 aromatic carbocycles. The summed E-state index contributed by atoms with van der Waals surface area (Å²) in [7, 11) is 0. The van der Waals surface area contributed by atoms with Gasteiger partial charge in [0.15, 0.2) is 5.75 Å². The van der Waals surface area contributed by atoms with E-state index in [-0.39, 0.29) is 0 Å². The molecule has 1 rings (SSSR count). The Balaban J connectivity index is 2.29. The minimum absolute atomic E-state index is 0.425. The fourth-order valence-electron chi connectivity index (χ4n) is 0.674. The molecule has 2 nitrogen and oxygen atoms in total. The van der Waals surface area contributed by atoms with Crippen LogP contribution in [0.2, 0.25) is 0 Å². The van der Waals surface area contributed by atoms with E-state index < -0.39 is 0 Å². The summed E-state index contributed by atoms with van der Waals surface area (Å²) in [5.41, 5.74) is 0.936. The summed E-state index contributed by atoms with van der Waals surface area (Å²) < 4.78 is 0. The Hall–Kier alpha value is -1.28. The third-order valence-electron chi connectivity index (χ3n) is 1.20. The van der Waals surface area contributed by atoms with Crippen LogP contribution >= 0.6 is 0 Å². The van der Waals surface area contributed by atoms with Crippen LogP contribution in [0.4, 0.5) is 0 Å². The van der Waals surface area contributed by atoms with E-state index in [4.69, 9.17) is 9.78 Å². The topological polar surface area (TPSA) is 18.5 Å². The third-order valence-corrected chi connectivity index (χ3v) is 1.20. The Labute approximate surface area is 72.4 Å². The molecule has 0 aromatic heterocycles. The van der Waals surface area contributed by atoms with Gasteiger partial charge in [-0.15, -0.1) is 0 Å². The summed E-state index contributed by atoms with van der Waals surface area (Å²) in [5.74, 6) is 0.707. The Bertz CT molecular complexity index is 241. The monoisotopic (exact) mass is 164 g/mol. The standard InChI is InChI=1S/C10H12O2/c1-9(2)8-11-12-10-6-4-3-5-7-10/h3-7H,1,8H2,2H3. The molecule has 0 aliphatic heterocycles. The van der Waals surface area contributed by atoms with Gasteiger partial charge >= 0.3 is 0 Å². The van der Waals surface area contributed by atoms with Crippen molar-refractivity contribution in [2.24, 2.45) is 0 Å². The molecule has 0 atom stereocenters. The number of hydrogen-bond donors (Lipinski definition) is 0. The Morgan fingerprint density at radius 3 is 2.58 bits per heavy atom. The van der Waals surface area contributed by atoms with Gasteiger partial charge in [0.1, 0.15) is 6.61 Å². The van der Waals surface area contributed by atoms with E-state index in [0.717, 1.165) is 5.57 Å². The first-order chi connectivity index (χ1) is 5.79. The molecule has 0 spiro atoms. The van der Waals surface area contributed by atoms with Crippen LogP contribution in [0.5, 0.6) is 5.75 Å². The Morgan fingerprint density at radius 1 is 1.33 bits per heavy atom. The van der Waals surface area contributed by atoms with E-state index in [1.807, 2.05) is 37.3 Å². The molecule has 64 valence electrons. The maximum absolute atomic E-state index is 4.96. The Kier molecular flexibility index (Phi) is 3.35. The smallest absolute Gasteiger partial charge is 0.165 e. The lowest BCUT2D eigenvalue weighted by Gasteiger charge is -2.03. The summed E-state index contributed by atoms with van der Waals surface area (Å²) in [6.45, 7) is 5.99. The molecule has 0 radical (unpaired) electrons. The summed E-state index contributed by atoms with van der Waals surface area (Å²) in [6.07, 6.45) is 0. The van der Waals surface area contributed by atoms with Gasteiger partial charge in [-0.25, -0.2) is 0 Å². The van der Waals surface area contributed by atoms with Crippen molar-refractivity contribution in [1.82, 2.24) is 0 Å². The van der Waals surface area contributed by atoms with Crippen LogP contribution in [-0.4, -0.2) is 6.61 Å². The van der Waals surface area contributed by atoms with Gasteiger partial charge in [0.25, 0.3) is 0 Å². The molecule has 0 fully saturated rings. The fourth-order valence-corrected chi connectivity index (χ4v) is 0.674. The van der Waals surface area contributed by atoms with Gasteiger partial charge in [0.05, 0.1) is 0 Å². The van der Waals surface area contributed by atoms with Crippen molar-refractivity contribution in [1.29, 1.82) is 0 Å². The number of para-hydroxylation sites is 1. The second kappa shape index (κ2) is 4.57. The van der Waals surface area contributed by atoms with Crippen LogP contribution in [0.3, 0.4) is 0 Å². The highest BCUT2D eigenvalue weighted by Crippen LogP contribution is 2.08. The lowest BCUT2D eigenvalue weighted by molar-refractivity contribution is -0.197. The molecule has 2 heteroatoms. The van der Waals surface area contributed by atoms with Gasteiger partial charge < -0.3 is 4.89 Å². The molecule has 0 amide bonds. The van der Waals surface area contributed by atoms with Gasteiger partial charge in [-0.1, -0.05) is 30.4 Å². The fraction of sp³-hybridized carbons (Fsp3) is 0.200. The summed E-state index contributed by atoms with van der Waals surface area (Å²) >= 11 is 0. The lowest BCUT2D eigenvalue weighted by atomic mass is 10.3. The molecular formula is C10H12O2. The average molecular weight is 164 g/mol. The first-order valence-corrected chi connectivity index (χ1v) is 3.78. The third kappa shape index (κ3) is 3.21. The highest BCUT2D eigenvalue weighted by Gasteiger charge is 1.91. The van der Waals surface area contributed by atoms with Crippen molar-refractivity contribution in [3.8, 4) is 5.75 Å². The van der Waals surface area contributed by atoms with Crippen molar-refractivity contribution in [2.75, 3.05) is 6.61 Å². The number of hydrogen-bond acceptors (Lipinski definition) is 2. The van der Waals surface area contributed by atoms with Gasteiger partial charge in [-0.05, 0) is 19.1 Å². The van der Waals surface area contributed by atoms with Crippen LogP contribution in [0.15, 0.2) is 42.5 Å². The van der Waals surface area contributed by atoms with Crippen molar-refractivity contribution in [3.63, 3.8) is 0 Å². The normalized spacial score (nSPS) is 9.42. The first kappa shape index (κ1) is 8.81. The average Bonchev–Trinajstić information content (AvgIpc) is 2.05. The van der Waals surface area contributed by atoms with Gasteiger partial charge in [0, 0.05) is 0 Å².